The topological polar surface area (TPSA) is 46.3 Å². The molecule has 0 aromatic carbocycles. The highest BCUT2D eigenvalue weighted by Gasteiger charge is 2.35. The van der Waals surface area contributed by atoms with Crippen molar-refractivity contribution in [2.75, 3.05) is 0 Å². The predicted octanol–water partition coefficient (Wildman–Crippen LogP) is 2.84. The molecule has 3 nitrogen and oxygen atoms in total. The van der Waals surface area contributed by atoms with E-state index in [1.807, 2.05) is 0 Å². The second-order valence-corrected chi connectivity index (χ2v) is 4.09. The zero-order valence-corrected chi connectivity index (χ0v) is 8.55. The van der Waals surface area contributed by atoms with Gasteiger partial charge < -0.3 is 9.52 Å². The third-order valence-electron chi connectivity index (χ3n) is 1.89. The Morgan fingerprint density at radius 1 is 1.44 bits per heavy atom. The Hall–Kier alpha value is -1.34. The van der Waals surface area contributed by atoms with E-state index in [1.165, 1.54) is 18.6 Å². The number of thiazole rings is 1. The van der Waals surface area contributed by atoms with Gasteiger partial charge in [-0.15, -0.1) is 11.3 Å². The van der Waals surface area contributed by atoms with Gasteiger partial charge in [0.25, 0.3) is 0 Å². The molecule has 7 heteroatoms. The Bertz CT molecular complexity index is 463. The van der Waals surface area contributed by atoms with Crippen molar-refractivity contribution in [3.05, 3.63) is 40.2 Å². The van der Waals surface area contributed by atoms with E-state index in [4.69, 9.17) is 4.42 Å². The van der Waals surface area contributed by atoms with Crippen molar-refractivity contribution >= 4 is 11.3 Å². The second-order valence-electron chi connectivity index (χ2n) is 3.02. The summed E-state index contributed by atoms with van der Waals surface area (Å²) in [7, 11) is 0. The maximum absolute atomic E-state index is 12.3. The quantitative estimate of drug-likeness (QED) is 0.890. The van der Waals surface area contributed by atoms with Gasteiger partial charge in [0.05, 0.1) is 17.4 Å². The van der Waals surface area contributed by atoms with Gasteiger partial charge in [-0.3, -0.25) is 0 Å². The van der Waals surface area contributed by atoms with Gasteiger partial charge in [0.15, 0.2) is 5.01 Å². The van der Waals surface area contributed by atoms with E-state index >= 15 is 0 Å². The van der Waals surface area contributed by atoms with Crippen molar-refractivity contribution in [3.8, 4) is 0 Å². The zero-order chi connectivity index (χ0) is 11.8. The average Bonchev–Trinajstić information content (AvgIpc) is 2.87. The molecule has 0 amide bonds. The van der Waals surface area contributed by atoms with Crippen LogP contribution in [-0.4, -0.2) is 10.1 Å². The number of hydrogen-bond acceptors (Lipinski definition) is 4. The van der Waals surface area contributed by atoms with Crippen LogP contribution in [0.2, 0.25) is 0 Å². The number of furan rings is 1. The summed E-state index contributed by atoms with van der Waals surface area (Å²) in [6, 6.07) is 1.48. The summed E-state index contributed by atoms with van der Waals surface area (Å²) in [5, 5.41) is 8.74. The monoisotopic (exact) mass is 249 g/mol. The van der Waals surface area contributed by atoms with Crippen LogP contribution in [0.1, 0.15) is 21.6 Å². The number of aliphatic hydroxyl groups excluding tert-OH is 1. The second kappa shape index (κ2) is 3.91. The van der Waals surface area contributed by atoms with Crippen LogP contribution in [0.15, 0.2) is 29.2 Å². The summed E-state index contributed by atoms with van der Waals surface area (Å²) < 4.78 is 41.5. The molecular formula is C9H6F3NO2S. The van der Waals surface area contributed by atoms with Gasteiger partial charge in [-0.05, 0) is 6.07 Å². The molecule has 0 saturated heterocycles. The molecular weight excluding hydrogens is 243 g/mol. The van der Waals surface area contributed by atoms with E-state index in [1.54, 1.807) is 0 Å². The number of rotatable bonds is 2. The molecule has 0 spiro atoms. The first-order valence-electron chi connectivity index (χ1n) is 4.21. The van der Waals surface area contributed by atoms with Crippen molar-refractivity contribution < 1.29 is 22.7 Å². The maximum atomic E-state index is 12.3. The molecule has 2 heterocycles. The van der Waals surface area contributed by atoms with Gasteiger partial charge in [0.1, 0.15) is 6.10 Å². The van der Waals surface area contributed by atoms with Crippen molar-refractivity contribution in [1.82, 2.24) is 4.98 Å². The van der Waals surface area contributed by atoms with Gasteiger partial charge >= 0.3 is 6.18 Å². The highest BCUT2D eigenvalue weighted by molar-refractivity contribution is 7.11. The molecule has 0 aliphatic rings. The molecule has 86 valence electrons. The SMILES string of the molecule is OC(c1ccoc1)c1cnc(C(F)(F)F)s1. The minimum Gasteiger partial charge on any atom is -0.472 e. The molecule has 2 aromatic heterocycles. The Labute approximate surface area is 92.2 Å². The fraction of sp³-hybridized carbons (Fsp3) is 0.222. The van der Waals surface area contributed by atoms with Crippen LogP contribution in [-0.2, 0) is 6.18 Å². The first kappa shape index (κ1) is 11.2. The maximum Gasteiger partial charge on any atom is 0.443 e. The molecule has 1 N–H and O–H groups in total. The van der Waals surface area contributed by atoms with E-state index in [0.29, 0.717) is 16.9 Å². The smallest absolute Gasteiger partial charge is 0.443 e. The lowest BCUT2D eigenvalue weighted by atomic mass is 10.2. The molecule has 0 fully saturated rings. The number of halogens is 3. The van der Waals surface area contributed by atoms with E-state index in [-0.39, 0.29) is 4.88 Å². The van der Waals surface area contributed by atoms with Crippen LogP contribution in [0, 0.1) is 0 Å². The fourth-order valence-electron chi connectivity index (χ4n) is 1.14. The van der Waals surface area contributed by atoms with Crippen LogP contribution in [0.5, 0.6) is 0 Å². The molecule has 0 saturated carbocycles. The van der Waals surface area contributed by atoms with E-state index in [9.17, 15) is 18.3 Å². The summed E-state index contributed by atoms with van der Waals surface area (Å²) >= 11 is 0.418. The number of aliphatic hydroxyl groups is 1. The zero-order valence-electron chi connectivity index (χ0n) is 7.73. The lowest BCUT2D eigenvalue weighted by molar-refractivity contribution is -0.137. The van der Waals surface area contributed by atoms with Gasteiger partial charge in [0, 0.05) is 11.8 Å². The lowest BCUT2D eigenvalue weighted by Gasteiger charge is -2.03. The summed E-state index contributed by atoms with van der Waals surface area (Å²) in [5.74, 6) is 0. The molecule has 16 heavy (non-hydrogen) atoms. The van der Waals surface area contributed by atoms with E-state index in [2.05, 4.69) is 4.98 Å². The fourth-order valence-corrected chi connectivity index (χ4v) is 1.94. The minimum atomic E-state index is -4.47. The molecule has 0 bridgehead atoms. The third kappa shape index (κ3) is 2.10. The minimum absolute atomic E-state index is 0.133. The number of nitrogens with zero attached hydrogens (tertiary/aromatic N) is 1. The summed E-state index contributed by atoms with van der Waals surface area (Å²) in [6.45, 7) is 0. The Morgan fingerprint density at radius 3 is 2.69 bits per heavy atom. The average molecular weight is 249 g/mol. The van der Waals surface area contributed by atoms with Crippen molar-refractivity contribution in [1.29, 1.82) is 0 Å². The molecule has 1 unspecified atom stereocenters. The van der Waals surface area contributed by atoms with E-state index in [0.717, 1.165) is 6.20 Å². The molecule has 0 radical (unpaired) electrons. The Balaban J connectivity index is 2.26. The third-order valence-corrected chi connectivity index (χ3v) is 2.99. The predicted molar refractivity (Wildman–Crippen MR) is 49.9 cm³/mol. The molecule has 0 aliphatic carbocycles. The van der Waals surface area contributed by atoms with Gasteiger partial charge in [-0.1, -0.05) is 0 Å². The number of hydrogen-bond donors (Lipinski definition) is 1. The standard InChI is InChI=1S/C9H6F3NO2S/c10-9(11,12)8-13-3-6(16-8)7(14)5-1-2-15-4-5/h1-4,7,14H. The van der Waals surface area contributed by atoms with Crippen LogP contribution >= 0.6 is 11.3 Å². The van der Waals surface area contributed by atoms with Gasteiger partial charge in [-0.25, -0.2) is 4.98 Å². The van der Waals surface area contributed by atoms with Crippen LogP contribution in [0.3, 0.4) is 0 Å². The van der Waals surface area contributed by atoms with Gasteiger partial charge in [-0.2, -0.15) is 13.2 Å². The summed E-state index contributed by atoms with van der Waals surface area (Å²) in [6.07, 6.45) is -1.97. The number of alkyl halides is 3. The van der Waals surface area contributed by atoms with Crippen molar-refractivity contribution in [3.63, 3.8) is 0 Å². The molecule has 0 aliphatic heterocycles. The molecule has 1 atom stereocenters. The van der Waals surface area contributed by atoms with Crippen LogP contribution in [0.4, 0.5) is 13.2 Å². The van der Waals surface area contributed by atoms with Crippen LogP contribution < -0.4 is 0 Å². The van der Waals surface area contributed by atoms with Crippen molar-refractivity contribution in [2.24, 2.45) is 0 Å². The Morgan fingerprint density at radius 2 is 2.19 bits per heavy atom. The van der Waals surface area contributed by atoms with Gasteiger partial charge in [0.2, 0.25) is 0 Å². The first-order valence-corrected chi connectivity index (χ1v) is 5.03. The highest BCUT2D eigenvalue weighted by atomic mass is 32.1. The normalized spacial score (nSPS) is 14.0. The van der Waals surface area contributed by atoms with Crippen LogP contribution in [0.25, 0.3) is 0 Å². The Kier molecular flexibility index (Phi) is 2.73. The van der Waals surface area contributed by atoms with E-state index < -0.39 is 17.3 Å². The largest absolute Gasteiger partial charge is 0.472 e. The first-order chi connectivity index (χ1) is 7.48. The molecule has 2 rings (SSSR count). The summed E-state index contributed by atoms with van der Waals surface area (Å²) in [5.41, 5.74) is 0.400. The number of aromatic nitrogens is 1. The summed E-state index contributed by atoms with van der Waals surface area (Å²) in [4.78, 5) is 3.35. The molecule has 2 aromatic rings. The lowest BCUT2D eigenvalue weighted by Crippen LogP contribution is -2.03. The highest BCUT2D eigenvalue weighted by Crippen LogP contribution is 2.35. The van der Waals surface area contributed by atoms with Crippen molar-refractivity contribution in [2.45, 2.75) is 12.3 Å².